The summed E-state index contributed by atoms with van der Waals surface area (Å²) in [7, 11) is 0. The van der Waals surface area contributed by atoms with E-state index in [9.17, 15) is 9.18 Å². The fraction of sp³-hybridized carbons (Fsp3) is 0.471. The smallest absolute Gasteiger partial charge is 0.218 e. The van der Waals surface area contributed by atoms with E-state index in [1.54, 1.807) is 4.68 Å². The number of hydrogen-bond acceptors (Lipinski definition) is 4. The van der Waals surface area contributed by atoms with E-state index in [1.165, 1.54) is 0 Å². The van der Waals surface area contributed by atoms with Gasteiger partial charge in [0.05, 0.1) is 24.7 Å². The summed E-state index contributed by atoms with van der Waals surface area (Å²) in [5, 5.41) is 4.38. The number of hydrogen-bond donors (Lipinski definition) is 0. The number of Topliss-reactive ketones (excluding diaryl/α,β-unsaturated/α-hetero) is 1. The molecule has 118 valence electrons. The van der Waals surface area contributed by atoms with Gasteiger partial charge >= 0.3 is 0 Å². The number of alkyl halides is 1. The van der Waals surface area contributed by atoms with Crippen molar-refractivity contribution in [3.8, 4) is 0 Å². The Labute approximate surface area is 132 Å². The maximum absolute atomic E-state index is 14.4. The number of benzene rings is 1. The van der Waals surface area contributed by atoms with Gasteiger partial charge in [-0.25, -0.2) is 14.1 Å². The molecule has 5 rings (SSSR count). The van der Waals surface area contributed by atoms with Gasteiger partial charge in [0.15, 0.2) is 12.0 Å². The molecule has 3 aliphatic rings. The van der Waals surface area contributed by atoms with Crippen LogP contribution in [-0.4, -0.2) is 33.8 Å². The van der Waals surface area contributed by atoms with E-state index >= 15 is 0 Å². The highest BCUT2D eigenvalue weighted by molar-refractivity contribution is 6.00. The quantitative estimate of drug-likeness (QED) is 0.817. The molecule has 4 atom stereocenters. The number of halogens is 1. The molecule has 1 saturated carbocycles. The van der Waals surface area contributed by atoms with Crippen molar-refractivity contribution in [3.05, 3.63) is 47.5 Å². The monoisotopic (exact) mass is 313 g/mol. The van der Waals surface area contributed by atoms with Crippen LogP contribution < -0.4 is 0 Å². The largest absolute Gasteiger partial charge is 0.380 e. The Morgan fingerprint density at radius 3 is 2.87 bits per heavy atom. The Morgan fingerprint density at radius 2 is 2.17 bits per heavy atom. The molecule has 0 bridgehead atoms. The van der Waals surface area contributed by atoms with Crippen LogP contribution in [0.5, 0.6) is 0 Å². The number of fused-ring (bicyclic) bond motifs is 2. The highest BCUT2D eigenvalue weighted by Gasteiger charge is 2.64. The van der Waals surface area contributed by atoms with Gasteiger partial charge in [-0.1, -0.05) is 30.3 Å². The SMILES string of the molecule is O=C(c1nc2n(n1)[C@H](c1ccccc1)C[C@@H]2F)[C@@]12COC[C@@H]1C2. The number of ether oxygens (including phenoxy) is 1. The molecule has 6 heteroatoms. The summed E-state index contributed by atoms with van der Waals surface area (Å²) in [6.07, 6.45) is -0.0109. The van der Waals surface area contributed by atoms with Gasteiger partial charge in [0, 0.05) is 6.42 Å². The molecule has 0 unspecified atom stereocenters. The molecular formula is C17H16FN3O2. The van der Waals surface area contributed by atoms with Gasteiger partial charge < -0.3 is 4.74 Å². The number of nitrogens with zero attached hydrogens (tertiary/aromatic N) is 3. The van der Waals surface area contributed by atoms with Crippen molar-refractivity contribution in [1.29, 1.82) is 0 Å². The first-order chi connectivity index (χ1) is 11.2. The standard InChI is InChI=1S/C17H16FN3O2/c18-12-6-13(10-4-2-1-3-5-10)21-16(12)19-15(20-21)14(22)17-7-11(17)8-23-9-17/h1-5,11-13H,6-9H2/t11-,12-,13-,17-/m0/s1. The third-order valence-corrected chi connectivity index (χ3v) is 5.41. The summed E-state index contributed by atoms with van der Waals surface area (Å²) < 4.78 is 21.3. The van der Waals surface area contributed by atoms with Gasteiger partial charge in [-0.2, -0.15) is 0 Å². The van der Waals surface area contributed by atoms with E-state index in [0.29, 0.717) is 25.6 Å². The summed E-state index contributed by atoms with van der Waals surface area (Å²) in [4.78, 5) is 17.0. The molecule has 0 spiro atoms. The molecule has 1 aromatic carbocycles. The van der Waals surface area contributed by atoms with Crippen molar-refractivity contribution in [3.63, 3.8) is 0 Å². The van der Waals surface area contributed by atoms with Crippen LogP contribution in [0.1, 0.15) is 47.1 Å². The topological polar surface area (TPSA) is 57.0 Å². The summed E-state index contributed by atoms with van der Waals surface area (Å²) >= 11 is 0. The molecule has 2 aromatic rings. The molecule has 0 amide bonds. The number of ketones is 1. The van der Waals surface area contributed by atoms with Crippen LogP contribution >= 0.6 is 0 Å². The molecule has 2 fully saturated rings. The Kier molecular flexibility index (Phi) is 2.60. The van der Waals surface area contributed by atoms with Gasteiger partial charge in [0.1, 0.15) is 0 Å². The Morgan fingerprint density at radius 1 is 1.35 bits per heavy atom. The number of carbonyl (C=O) groups is 1. The van der Waals surface area contributed by atoms with Gasteiger partial charge in [-0.3, -0.25) is 4.79 Å². The predicted molar refractivity (Wildman–Crippen MR) is 78.8 cm³/mol. The minimum atomic E-state index is -1.18. The fourth-order valence-corrected chi connectivity index (χ4v) is 3.95. The molecular weight excluding hydrogens is 297 g/mol. The maximum atomic E-state index is 14.4. The second kappa shape index (κ2) is 4.47. The zero-order valence-corrected chi connectivity index (χ0v) is 12.5. The van der Waals surface area contributed by atoms with Crippen molar-refractivity contribution >= 4 is 5.78 Å². The highest BCUT2D eigenvalue weighted by atomic mass is 19.1. The van der Waals surface area contributed by atoms with E-state index in [1.807, 2.05) is 30.3 Å². The minimum Gasteiger partial charge on any atom is -0.380 e. The van der Waals surface area contributed by atoms with Crippen LogP contribution in [0.2, 0.25) is 0 Å². The molecule has 1 saturated heterocycles. The van der Waals surface area contributed by atoms with Crippen LogP contribution in [0.15, 0.2) is 30.3 Å². The van der Waals surface area contributed by atoms with Gasteiger partial charge in [-0.05, 0) is 17.9 Å². The number of aromatic nitrogens is 3. The Bertz CT molecular complexity index is 790. The zero-order valence-electron chi connectivity index (χ0n) is 12.5. The van der Waals surface area contributed by atoms with Crippen molar-refractivity contribution < 1.29 is 13.9 Å². The van der Waals surface area contributed by atoms with Gasteiger partial charge in [0.2, 0.25) is 11.6 Å². The summed E-state index contributed by atoms with van der Waals surface area (Å²) in [5.74, 6) is 0.631. The second-order valence-electron chi connectivity index (χ2n) is 6.77. The number of carbonyl (C=O) groups excluding carboxylic acids is 1. The van der Waals surface area contributed by atoms with Crippen LogP contribution in [-0.2, 0) is 4.74 Å². The highest BCUT2D eigenvalue weighted by Crippen LogP contribution is 2.58. The Balaban J connectivity index is 1.51. The van der Waals surface area contributed by atoms with E-state index in [-0.39, 0.29) is 23.5 Å². The molecule has 2 aliphatic heterocycles. The third kappa shape index (κ3) is 1.78. The normalized spacial score (nSPS) is 34.2. The van der Waals surface area contributed by atoms with E-state index in [4.69, 9.17) is 4.74 Å². The summed E-state index contributed by atoms with van der Waals surface area (Å²) in [6.45, 7) is 1.08. The lowest BCUT2D eigenvalue weighted by Crippen LogP contribution is -2.21. The average Bonchev–Trinajstić information content (AvgIpc) is 2.94. The van der Waals surface area contributed by atoms with Crippen molar-refractivity contribution in [2.24, 2.45) is 11.3 Å². The van der Waals surface area contributed by atoms with Gasteiger partial charge in [0.25, 0.3) is 0 Å². The molecule has 3 heterocycles. The Hall–Kier alpha value is -2.08. The summed E-state index contributed by atoms with van der Waals surface area (Å²) in [5.41, 5.74) is 0.556. The zero-order chi connectivity index (χ0) is 15.6. The molecule has 1 aromatic heterocycles. The first-order valence-corrected chi connectivity index (χ1v) is 7.97. The van der Waals surface area contributed by atoms with Crippen LogP contribution in [0.25, 0.3) is 0 Å². The van der Waals surface area contributed by atoms with Crippen molar-refractivity contribution in [1.82, 2.24) is 14.8 Å². The molecule has 0 N–H and O–H groups in total. The third-order valence-electron chi connectivity index (χ3n) is 5.41. The minimum absolute atomic E-state index is 0.0825. The molecule has 1 aliphatic carbocycles. The fourth-order valence-electron chi connectivity index (χ4n) is 3.95. The molecule has 23 heavy (non-hydrogen) atoms. The van der Waals surface area contributed by atoms with E-state index in [0.717, 1.165) is 12.0 Å². The van der Waals surface area contributed by atoms with E-state index < -0.39 is 11.6 Å². The van der Waals surface area contributed by atoms with Crippen LogP contribution in [0, 0.1) is 11.3 Å². The summed E-state index contributed by atoms with van der Waals surface area (Å²) in [6, 6.07) is 9.49. The average molecular weight is 313 g/mol. The van der Waals surface area contributed by atoms with Crippen LogP contribution in [0.4, 0.5) is 4.39 Å². The van der Waals surface area contributed by atoms with Crippen molar-refractivity contribution in [2.75, 3.05) is 13.2 Å². The lowest BCUT2D eigenvalue weighted by atomic mass is 10.00. The predicted octanol–water partition coefficient (Wildman–Crippen LogP) is 2.50. The lowest BCUT2D eigenvalue weighted by Gasteiger charge is -2.11. The second-order valence-corrected chi connectivity index (χ2v) is 6.77. The van der Waals surface area contributed by atoms with Crippen LogP contribution in [0.3, 0.4) is 0 Å². The number of rotatable bonds is 3. The first kappa shape index (κ1) is 13.4. The first-order valence-electron chi connectivity index (χ1n) is 7.97. The molecule has 0 radical (unpaired) electrons. The lowest BCUT2D eigenvalue weighted by molar-refractivity contribution is 0.0818. The van der Waals surface area contributed by atoms with E-state index in [2.05, 4.69) is 10.1 Å². The molecule has 5 nitrogen and oxygen atoms in total. The van der Waals surface area contributed by atoms with Gasteiger partial charge in [-0.15, -0.1) is 5.10 Å². The van der Waals surface area contributed by atoms with Crippen molar-refractivity contribution in [2.45, 2.75) is 25.1 Å². The maximum Gasteiger partial charge on any atom is 0.218 e.